The molecule has 19 heavy (non-hydrogen) atoms. The Balaban J connectivity index is 1.94. The molecule has 0 aliphatic heterocycles. The van der Waals surface area contributed by atoms with Crippen molar-refractivity contribution >= 4 is 27.6 Å². The van der Waals surface area contributed by atoms with Gasteiger partial charge in [-0.15, -0.1) is 0 Å². The second kappa shape index (κ2) is 6.80. The number of hydrogen-bond donors (Lipinski definition) is 2. The van der Waals surface area contributed by atoms with Gasteiger partial charge in [0.25, 0.3) is 0 Å². The number of nitrogens with one attached hydrogen (secondary N) is 2. The van der Waals surface area contributed by atoms with Crippen LogP contribution < -0.4 is 15.4 Å². The summed E-state index contributed by atoms with van der Waals surface area (Å²) >= 11 is 3.42. The number of rotatable bonds is 3. The first-order chi connectivity index (χ1) is 9.19. The minimum Gasteiger partial charge on any atom is -0.497 e. The van der Waals surface area contributed by atoms with Crippen molar-refractivity contribution in [1.29, 1.82) is 0 Å². The lowest BCUT2D eigenvalue weighted by molar-refractivity contribution is 0.244. The highest BCUT2D eigenvalue weighted by atomic mass is 79.9. The zero-order valence-corrected chi connectivity index (χ0v) is 12.6. The van der Waals surface area contributed by atoms with E-state index in [1.807, 2.05) is 12.1 Å². The van der Waals surface area contributed by atoms with Crippen molar-refractivity contribution in [3.63, 3.8) is 0 Å². The van der Waals surface area contributed by atoms with Crippen LogP contribution in [0.1, 0.15) is 32.1 Å². The summed E-state index contributed by atoms with van der Waals surface area (Å²) in [6.45, 7) is 0. The molecule has 0 saturated heterocycles. The van der Waals surface area contributed by atoms with Crippen molar-refractivity contribution < 1.29 is 9.53 Å². The number of benzene rings is 1. The molecule has 1 aliphatic rings. The molecule has 1 aliphatic carbocycles. The summed E-state index contributed by atoms with van der Waals surface area (Å²) in [5.74, 6) is 0.719. The van der Waals surface area contributed by atoms with Crippen molar-refractivity contribution in [2.45, 2.75) is 38.1 Å². The van der Waals surface area contributed by atoms with Gasteiger partial charge in [-0.05, 0) is 40.9 Å². The highest BCUT2D eigenvalue weighted by Crippen LogP contribution is 2.27. The Morgan fingerprint density at radius 3 is 2.74 bits per heavy atom. The van der Waals surface area contributed by atoms with Gasteiger partial charge >= 0.3 is 6.03 Å². The molecule has 0 heterocycles. The maximum absolute atomic E-state index is 11.9. The van der Waals surface area contributed by atoms with Crippen LogP contribution in [-0.2, 0) is 0 Å². The monoisotopic (exact) mass is 326 g/mol. The Hall–Kier alpha value is -1.23. The Kier molecular flexibility index (Phi) is 5.07. The number of anilines is 1. The van der Waals surface area contributed by atoms with Crippen LogP contribution in [0.15, 0.2) is 22.7 Å². The maximum Gasteiger partial charge on any atom is 0.319 e. The fraction of sp³-hybridized carbons (Fsp3) is 0.500. The van der Waals surface area contributed by atoms with Gasteiger partial charge in [0, 0.05) is 16.6 Å². The number of methoxy groups -OCH3 is 1. The molecule has 0 bridgehead atoms. The first-order valence-electron chi connectivity index (χ1n) is 6.60. The third kappa shape index (κ3) is 4.13. The second-order valence-corrected chi connectivity index (χ2v) is 5.63. The van der Waals surface area contributed by atoms with E-state index in [2.05, 4.69) is 26.6 Å². The number of carbonyl (C=O) groups is 1. The number of ether oxygens (including phenoxy) is 1. The average molecular weight is 327 g/mol. The predicted molar refractivity (Wildman–Crippen MR) is 79.7 cm³/mol. The van der Waals surface area contributed by atoms with Crippen LogP contribution in [0.25, 0.3) is 0 Å². The van der Waals surface area contributed by atoms with Gasteiger partial charge in [-0.25, -0.2) is 4.79 Å². The Labute approximate surface area is 122 Å². The zero-order valence-electron chi connectivity index (χ0n) is 11.0. The van der Waals surface area contributed by atoms with Crippen molar-refractivity contribution in [3.8, 4) is 5.75 Å². The molecule has 104 valence electrons. The van der Waals surface area contributed by atoms with Crippen molar-refractivity contribution in [1.82, 2.24) is 5.32 Å². The van der Waals surface area contributed by atoms with E-state index in [0.717, 1.165) is 23.1 Å². The smallest absolute Gasteiger partial charge is 0.319 e. The molecule has 1 aromatic rings. The third-order valence-electron chi connectivity index (χ3n) is 3.36. The van der Waals surface area contributed by atoms with Crippen LogP contribution in [0, 0.1) is 0 Å². The van der Waals surface area contributed by atoms with Crippen molar-refractivity contribution in [2.75, 3.05) is 12.4 Å². The van der Waals surface area contributed by atoms with Gasteiger partial charge < -0.3 is 15.4 Å². The molecule has 5 heteroatoms. The first-order valence-corrected chi connectivity index (χ1v) is 7.39. The minimum atomic E-state index is -0.152. The number of hydrogen-bond acceptors (Lipinski definition) is 2. The standard InChI is InChI=1S/C14H19BrN2O2/c1-19-11-7-8-12(15)13(9-11)17-14(18)16-10-5-3-2-4-6-10/h7-10H,2-6H2,1H3,(H2,16,17,18). The van der Waals surface area contributed by atoms with Crippen molar-refractivity contribution in [2.24, 2.45) is 0 Å². The molecule has 0 atom stereocenters. The van der Waals surface area contributed by atoms with Gasteiger partial charge in [0.15, 0.2) is 0 Å². The van der Waals surface area contributed by atoms with Crippen LogP contribution in [0.2, 0.25) is 0 Å². The second-order valence-electron chi connectivity index (χ2n) is 4.78. The van der Waals surface area contributed by atoms with E-state index in [0.29, 0.717) is 11.7 Å². The van der Waals surface area contributed by atoms with Crippen LogP contribution >= 0.6 is 15.9 Å². The Morgan fingerprint density at radius 2 is 2.05 bits per heavy atom. The molecule has 2 amide bonds. The molecule has 0 aromatic heterocycles. The van der Waals surface area contributed by atoms with Gasteiger partial charge in [0.2, 0.25) is 0 Å². The van der Waals surface area contributed by atoms with E-state index in [4.69, 9.17) is 4.74 Å². The lowest BCUT2D eigenvalue weighted by Gasteiger charge is -2.23. The number of urea groups is 1. The highest BCUT2D eigenvalue weighted by molar-refractivity contribution is 9.10. The van der Waals surface area contributed by atoms with E-state index < -0.39 is 0 Å². The van der Waals surface area contributed by atoms with E-state index in [-0.39, 0.29) is 6.03 Å². The van der Waals surface area contributed by atoms with Gasteiger partial charge in [0.05, 0.1) is 12.8 Å². The number of amides is 2. The minimum absolute atomic E-state index is 0.152. The largest absolute Gasteiger partial charge is 0.497 e. The fourth-order valence-corrected chi connectivity index (χ4v) is 2.66. The third-order valence-corrected chi connectivity index (χ3v) is 4.05. The van der Waals surface area contributed by atoms with E-state index >= 15 is 0 Å². The number of halogens is 1. The molecule has 2 N–H and O–H groups in total. The van der Waals surface area contributed by atoms with Crippen LogP contribution in [0.4, 0.5) is 10.5 Å². The summed E-state index contributed by atoms with van der Waals surface area (Å²) in [6, 6.07) is 5.65. The molecule has 0 spiro atoms. The molecular weight excluding hydrogens is 308 g/mol. The van der Waals surface area contributed by atoms with Gasteiger partial charge in [-0.2, -0.15) is 0 Å². The molecule has 1 saturated carbocycles. The fourth-order valence-electron chi connectivity index (χ4n) is 2.32. The quantitative estimate of drug-likeness (QED) is 0.884. The highest BCUT2D eigenvalue weighted by Gasteiger charge is 2.16. The summed E-state index contributed by atoms with van der Waals surface area (Å²) in [7, 11) is 1.61. The molecule has 2 rings (SSSR count). The van der Waals surface area contributed by atoms with Gasteiger partial charge in [0.1, 0.15) is 5.75 Å². The maximum atomic E-state index is 11.9. The first kappa shape index (κ1) is 14.2. The SMILES string of the molecule is COc1ccc(Br)c(NC(=O)NC2CCCCC2)c1. The molecular formula is C14H19BrN2O2. The summed E-state index contributed by atoms with van der Waals surface area (Å²) in [4.78, 5) is 11.9. The molecule has 0 unspecified atom stereocenters. The number of carbonyl (C=O) groups excluding carboxylic acids is 1. The summed E-state index contributed by atoms with van der Waals surface area (Å²) in [5, 5.41) is 5.88. The van der Waals surface area contributed by atoms with Gasteiger partial charge in [-0.1, -0.05) is 19.3 Å². The van der Waals surface area contributed by atoms with E-state index in [1.54, 1.807) is 13.2 Å². The Bertz CT molecular complexity index is 445. The summed E-state index contributed by atoms with van der Waals surface area (Å²) in [5.41, 5.74) is 0.715. The average Bonchev–Trinajstić information content (AvgIpc) is 2.42. The topological polar surface area (TPSA) is 50.4 Å². The zero-order chi connectivity index (χ0) is 13.7. The van der Waals surface area contributed by atoms with Crippen LogP contribution in [0.3, 0.4) is 0 Å². The van der Waals surface area contributed by atoms with E-state index in [1.165, 1.54) is 19.3 Å². The molecule has 4 nitrogen and oxygen atoms in total. The van der Waals surface area contributed by atoms with Crippen molar-refractivity contribution in [3.05, 3.63) is 22.7 Å². The lowest BCUT2D eigenvalue weighted by Crippen LogP contribution is -2.39. The molecule has 1 aromatic carbocycles. The van der Waals surface area contributed by atoms with Crippen LogP contribution in [0.5, 0.6) is 5.75 Å². The Morgan fingerprint density at radius 1 is 1.32 bits per heavy atom. The summed E-state index contributed by atoms with van der Waals surface area (Å²) in [6.07, 6.45) is 5.84. The molecule has 1 fully saturated rings. The van der Waals surface area contributed by atoms with Gasteiger partial charge in [-0.3, -0.25) is 0 Å². The summed E-state index contributed by atoms with van der Waals surface area (Å²) < 4.78 is 5.99. The normalized spacial score (nSPS) is 15.9. The molecule has 0 radical (unpaired) electrons. The lowest BCUT2D eigenvalue weighted by atomic mass is 9.96. The predicted octanol–water partition coefficient (Wildman–Crippen LogP) is 3.91. The van der Waals surface area contributed by atoms with E-state index in [9.17, 15) is 4.79 Å². The van der Waals surface area contributed by atoms with Crippen LogP contribution in [-0.4, -0.2) is 19.2 Å².